The van der Waals surface area contributed by atoms with Crippen LogP contribution >= 0.6 is 15.9 Å². The molecular formula is C12H12BrN3O2. The first kappa shape index (κ1) is 14.3. The summed E-state index contributed by atoms with van der Waals surface area (Å²) in [6, 6.07) is 5.58. The van der Waals surface area contributed by atoms with E-state index in [1.165, 1.54) is 6.08 Å². The van der Waals surface area contributed by atoms with Gasteiger partial charge in [-0.15, -0.1) is 0 Å². The highest BCUT2D eigenvalue weighted by atomic mass is 79.9. The molecule has 94 valence electrons. The minimum absolute atomic E-state index is 0.0511. The van der Waals surface area contributed by atoms with Crippen LogP contribution in [0.15, 0.2) is 33.5 Å². The first-order chi connectivity index (χ1) is 8.58. The Morgan fingerprint density at radius 1 is 1.61 bits per heavy atom. The predicted molar refractivity (Wildman–Crippen MR) is 72.6 cm³/mol. The van der Waals surface area contributed by atoms with E-state index in [2.05, 4.69) is 26.0 Å². The number of esters is 1. The third-order valence-corrected chi connectivity index (χ3v) is 2.65. The number of carbonyl (C=O) groups excluding carboxylic acids is 1. The molecule has 0 N–H and O–H groups in total. The van der Waals surface area contributed by atoms with Crippen molar-refractivity contribution in [2.24, 2.45) is 5.11 Å². The van der Waals surface area contributed by atoms with Crippen LogP contribution in [0.3, 0.4) is 0 Å². The van der Waals surface area contributed by atoms with Crippen molar-refractivity contribution in [2.75, 3.05) is 6.61 Å². The molecule has 0 aromatic heterocycles. The van der Waals surface area contributed by atoms with Crippen LogP contribution in [0, 0.1) is 6.92 Å². The molecular weight excluding hydrogens is 298 g/mol. The molecule has 5 nitrogen and oxygen atoms in total. The molecule has 0 aliphatic rings. The van der Waals surface area contributed by atoms with Crippen LogP contribution in [0.25, 0.3) is 16.5 Å². The Hall–Kier alpha value is -1.78. The normalized spacial score (nSPS) is 10.7. The van der Waals surface area contributed by atoms with Gasteiger partial charge in [-0.1, -0.05) is 27.1 Å². The van der Waals surface area contributed by atoms with Crippen LogP contribution in [0.1, 0.15) is 18.1 Å². The number of rotatable bonds is 4. The standard InChI is InChI=1S/C12H12BrN3O2/c1-3-18-12(17)11(15-16-14)7-9-4-5-10(13)6-8(9)2/h4-7H,3H2,1-2H3. The van der Waals surface area contributed by atoms with Gasteiger partial charge in [-0.3, -0.25) is 0 Å². The number of aryl methyl sites for hydroxylation is 1. The number of hydrogen-bond donors (Lipinski definition) is 0. The summed E-state index contributed by atoms with van der Waals surface area (Å²) in [5, 5.41) is 3.36. The number of halogens is 1. The lowest BCUT2D eigenvalue weighted by Gasteiger charge is -2.04. The van der Waals surface area contributed by atoms with Gasteiger partial charge in [0.15, 0.2) is 0 Å². The Kier molecular flexibility index (Phi) is 5.42. The van der Waals surface area contributed by atoms with E-state index in [1.807, 2.05) is 25.1 Å². The summed E-state index contributed by atoms with van der Waals surface area (Å²) < 4.78 is 5.75. The fourth-order valence-electron chi connectivity index (χ4n) is 1.33. The van der Waals surface area contributed by atoms with Crippen molar-refractivity contribution < 1.29 is 9.53 Å². The third kappa shape index (κ3) is 3.91. The maximum atomic E-state index is 11.6. The molecule has 0 saturated heterocycles. The second-order valence-electron chi connectivity index (χ2n) is 3.44. The zero-order valence-electron chi connectivity index (χ0n) is 10.1. The maximum Gasteiger partial charge on any atom is 0.340 e. The third-order valence-electron chi connectivity index (χ3n) is 2.16. The SMILES string of the molecule is CCOC(=O)C(=Cc1ccc(Br)cc1C)N=[N+]=[N-]. The summed E-state index contributed by atoms with van der Waals surface area (Å²) in [6.07, 6.45) is 1.51. The minimum Gasteiger partial charge on any atom is -0.462 e. The summed E-state index contributed by atoms with van der Waals surface area (Å²) in [6.45, 7) is 3.82. The molecule has 1 aromatic carbocycles. The zero-order valence-corrected chi connectivity index (χ0v) is 11.6. The van der Waals surface area contributed by atoms with Gasteiger partial charge in [0.05, 0.1) is 6.61 Å². The van der Waals surface area contributed by atoms with Crippen LogP contribution in [0.4, 0.5) is 0 Å². The lowest BCUT2D eigenvalue weighted by molar-refractivity contribution is -0.138. The fraction of sp³-hybridized carbons (Fsp3) is 0.250. The quantitative estimate of drug-likeness (QED) is 0.277. The highest BCUT2D eigenvalue weighted by Gasteiger charge is 2.09. The van der Waals surface area contributed by atoms with E-state index in [4.69, 9.17) is 10.3 Å². The fourth-order valence-corrected chi connectivity index (χ4v) is 1.81. The summed E-state index contributed by atoms with van der Waals surface area (Å²) in [4.78, 5) is 14.2. The Morgan fingerprint density at radius 2 is 2.33 bits per heavy atom. The molecule has 1 aromatic rings. The van der Waals surface area contributed by atoms with E-state index >= 15 is 0 Å². The van der Waals surface area contributed by atoms with Gasteiger partial charge < -0.3 is 4.74 Å². The van der Waals surface area contributed by atoms with Crippen LogP contribution in [-0.2, 0) is 9.53 Å². The molecule has 0 atom stereocenters. The molecule has 0 saturated carbocycles. The van der Waals surface area contributed by atoms with Gasteiger partial charge in [-0.25, -0.2) is 4.79 Å². The maximum absolute atomic E-state index is 11.6. The van der Waals surface area contributed by atoms with Crippen LogP contribution in [-0.4, -0.2) is 12.6 Å². The molecule has 0 fully saturated rings. The van der Waals surface area contributed by atoms with Gasteiger partial charge in [-0.05, 0) is 48.7 Å². The molecule has 0 spiro atoms. The molecule has 0 aliphatic carbocycles. The van der Waals surface area contributed by atoms with Gasteiger partial charge in [-0.2, -0.15) is 0 Å². The summed E-state index contributed by atoms with van der Waals surface area (Å²) in [5.74, 6) is -0.627. The second kappa shape index (κ2) is 6.83. The molecule has 6 heteroatoms. The molecule has 0 heterocycles. The van der Waals surface area contributed by atoms with Crippen molar-refractivity contribution in [1.82, 2.24) is 0 Å². The Balaban J connectivity index is 3.15. The average molecular weight is 310 g/mol. The topological polar surface area (TPSA) is 75.1 Å². The monoisotopic (exact) mass is 309 g/mol. The molecule has 0 radical (unpaired) electrons. The largest absolute Gasteiger partial charge is 0.462 e. The van der Waals surface area contributed by atoms with Gasteiger partial charge in [0.1, 0.15) is 5.70 Å². The molecule has 0 unspecified atom stereocenters. The van der Waals surface area contributed by atoms with Gasteiger partial charge >= 0.3 is 5.97 Å². The van der Waals surface area contributed by atoms with Gasteiger partial charge in [0.25, 0.3) is 0 Å². The van der Waals surface area contributed by atoms with Crippen molar-refractivity contribution in [2.45, 2.75) is 13.8 Å². The Bertz CT molecular complexity index is 534. The Morgan fingerprint density at radius 3 is 2.89 bits per heavy atom. The van der Waals surface area contributed by atoms with E-state index in [1.54, 1.807) is 6.92 Å². The van der Waals surface area contributed by atoms with Crippen LogP contribution in [0.5, 0.6) is 0 Å². The lowest BCUT2D eigenvalue weighted by Crippen LogP contribution is -2.05. The van der Waals surface area contributed by atoms with E-state index in [0.29, 0.717) is 0 Å². The Labute approximate surface area is 113 Å². The number of hydrogen-bond acceptors (Lipinski definition) is 3. The van der Waals surface area contributed by atoms with Gasteiger partial charge in [0, 0.05) is 9.38 Å². The highest BCUT2D eigenvalue weighted by molar-refractivity contribution is 9.10. The van der Waals surface area contributed by atoms with Crippen LogP contribution < -0.4 is 0 Å². The highest BCUT2D eigenvalue weighted by Crippen LogP contribution is 2.19. The first-order valence-electron chi connectivity index (χ1n) is 5.28. The van der Waals surface area contributed by atoms with E-state index in [-0.39, 0.29) is 12.3 Å². The predicted octanol–water partition coefficient (Wildman–Crippen LogP) is 3.97. The summed E-state index contributed by atoms with van der Waals surface area (Å²) in [5.41, 5.74) is 10.2. The lowest BCUT2D eigenvalue weighted by atomic mass is 10.1. The second-order valence-corrected chi connectivity index (χ2v) is 4.36. The molecule has 0 amide bonds. The van der Waals surface area contributed by atoms with Crippen LogP contribution in [0.2, 0.25) is 0 Å². The molecule has 18 heavy (non-hydrogen) atoms. The number of azide groups is 1. The summed E-state index contributed by atoms with van der Waals surface area (Å²) in [7, 11) is 0. The summed E-state index contributed by atoms with van der Waals surface area (Å²) >= 11 is 3.35. The molecule has 0 aliphatic heterocycles. The average Bonchev–Trinajstić information content (AvgIpc) is 2.32. The van der Waals surface area contributed by atoms with Crippen molar-refractivity contribution in [3.8, 4) is 0 Å². The van der Waals surface area contributed by atoms with E-state index in [0.717, 1.165) is 15.6 Å². The van der Waals surface area contributed by atoms with Crippen molar-refractivity contribution >= 4 is 28.0 Å². The van der Waals surface area contributed by atoms with Crippen molar-refractivity contribution in [1.29, 1.82) is 0 Å². The number of carbonyl (C=O) groups is 1. The van der Waals surface area contributed by atoms with E-state index < -0.39 is 5.97 Å². The smallest absolute Gasteiger partial charge is 0.340 e. The zero-order chi connectivity index (χ0) is 13.5. The molecule has 1 rings (SSSR count). The van der Waals surface area contributed by atoms with Gasteiger partial charge in [0.2, 0.25) is 0 Å². The van der Waals surface area contributed by atoms with Crippen molar-refractivity contribution in [3.05, 3.63) is 49.9 Å². The number of benzene rings is 1. The molecule has 0 bridgehead atoms. The number of nitrogens with zero attached hydrogens (tertiary/aromatic N) is 3. The minimum atomic E-state index is -0.627. The number of ether oxygens (including phenoxy) is 1. The van der Waals surface area contributed by atoms with Crippen molar-refractivity contribution in [3.63, 3.8) is 0 Å². The van der Waals surface area contributed by atoms with E-state index in [9.17, 15) is 4.79 Å². The first-order valence-corrected chi connectivity index (χ1v) is 6.08.